The maximum Gasteiger partial charge on any atom is 0.0906 e. The Kier molecular flexibility index (Phi) is 7.99. The summed E-state index contributed by atoms with van der Waals surface area (Å²) >= 11 is 0. The zero-order valence-corrected chi connectivity index (χ0v) is 6.41. The minimum absolute atomic E-state index is 0.230. The van der Waals surface area contributed by atoms with Gasteiger partial charge in [0.2, 0.25) is 0 Å². The van der Waals surface area contributed by atoms with Crippen molar-refractivity contribution in [3.05, 3.63) is 0 Å². The maximum atomic E-state index is 11.5. The lowest BCUT2D eigenvalue weighted by atomic mass is 10.4. The Balaban J connectivity index is 2.82. The summed E-state index contributed by atoms with van der Waals surface area (Å²) in [6, 6.07) is 0. The lowest BCUT2D eigenvalue weighted by Crippen LogP contribution is -2.16. The Labute approximate surface area is 62.0 Å². The molecule has 1 nitrogen and oxygen atoms in total. The van der Waals surface area contributed by atoms with E-state index in [1.54, 1.807) is 0 Å². The van der Waals surface area contributed by atoms with Gasteiger partial charge in [-0.2, -0.15) is 0 Å². The summed E-state index contributed by atoms with van der Waals surface area (Å²) < 4.78 is 11.5. The van der Waals surface area contributed by atoms with Gasteiger partial charge in [0.1, 0.15) is 0 Å². The molecule has 0 aliphatic heterocycles. The molecule has 0 fully saturated rings. The van der Waals surface area contributed by atoms with Crippen LogP contribution in [0.3, 0.4) is 0 Å². The normalized spacial score (nSPS) is 8.60. The van der Waals surface area contributed by atoms with Gasteiger partial charge in [-0.25, -0.2) is 0 Å². The van der Waals surface area contributed by atoms with Crippen LogP contribution in [0, 0.1) is 11.8 Å². The van der Waals surface area contributed by atoms with Gasteiger partial charge >= 0.3 is 0 Å². The smallest absolute Gasteiger partial charge is 0.0906 e. The third kappa shape index (κ3) is 7.45. The van der Waals surface area contributed by atoms with Crippen LogP contribution in [-0.4, -0.2) is 19.8 Å². The first-order chi connectivity index (χ1) is 4.91. The Bertz CT molecular complexity index is 112. The molecule has 0 aliphatic rings. The minimum atomic E-state index is -0.230. The number of rotatable bonds is 5. The van der Waals surface area contributed by atoms with Crippen molar-refractivity contribution in [1.29, 1.82) is 0 Å². The molecule has 0 saturated heterocycles. The SMILES string of the molecule is CC#CCCNCCCF. The molecule has 0 rings (SSSR count). The topological polar surface area (TPSA) is 12.0 Å². The van der Waals surface area contributed by atoms with E-state index in [1.165, 1.54) is 0 Å². The van der Waals surface area contributed by atoms with Gasteiger partial charge in [-0.15, -0.1) is 11.8 Å². The third-order valence-electron chi connectivity index (χ3n) is 1.09. The molecule has 0 heterocycles. The number of nitrogens with one attached hydrogen (secondary N) is 1. The highest BCUT2D eigenvalue weighted by Crippen LogP contribution is 1.77. The Morgan fingerprint density at radius 2 is 2.20 bits per heavy atom. The summed E-state index contributed by atoms with van der Waals surface area (Å²) in [7, 11) is 0. The van der Waals surface area contributed by atoms with Gasteiger partial charge in [0.25, 0.3) is 0 Å². The van der Waals surface area contributed by atoms with Crippen molar-refractivity contribution in [3.63, 3.8) is 0 Å². The van der Waals surface area contributed by atoms with E-state index < -0.39 is 0 Å². The Morgan fingerprint density at radius 1 is 1.40 bits per heavy atom. The highest BCUT2D eigenvalue weighted by Gasteiger charge is 1.83. The highest BCUT2D eigenvalue weighted by atomic mass is 19.1. The molecule has 1 N–H and O–H groups in total. The maximum absolute atomic E-state index is 11.5. The molecule has 0 aromatic rings. The van der Waals surface area contributed by atoms with E-state index in [2.05, 4.69) is 17.2 Å². The van der Waals surface area contributed by atoms with Gasteiger partial charge in [-0.1, -0.05) is 0 Å². The summed E-state index contributed by atoms with van der Waals surface area (Å²) in [5.41, 5.74) is 0. The van der Waals surface area contributed by atoms with Crippen LogP contribution in [0.25, 0.3) is 0 Å². The molecule has 0 aromatic heterocycles. The molecule has 0 aromatic carbocycles. The molecule has 58 valence electrons. The third-order valence-corrected chi connectivity index (χ3v) is 1.09. The van der Waals surface area contributed by atoms with E-state index in [1.807, 2.05) is 6.92 Å². The van der Waals surface area contributed by atoms with Gasteiger partial charge in [-0.05, 0) is 19.9 Å². The minimum Gasteiger partial charge on any atom is -0.316 e. The molecular weight excluding hydrogens is 129 g/mol. The van der Waals surface area contributed by atoms with Crippen molar-refractivity contribution in [3.8, 4) is 11.8 Å². The number of halogens is 1. The average molecular weight is 143 g/mol. The van der Waals surface area contributed by atoms with Crippen LogP contribution in [0.2, 0.25) is 0 Å². The van der Waals surface area contributed by atoms with Crippen LogP contribution >= 0.6 is 0 Å². The predicted molar refractivity (Wildman–Crippen MR) is 41.5 cm³/mol. The van der Waals surface area contributed by atoms with E-state index in [0.29, 0.717) is 6.42 Å². The van der Waals surface area contributed by atoms with Crippen LogP contribution in [0.5, 0.6) is 0 Å². The van der Waals surface area contributed by atoms with Crippen LogP contribution < -0.4 is 5.32 Å². The van der Waals surface area contributed by atoms with Crippen molar-refractivity contribution >= 4 is 0 Å². The van der Waals surface area contributed by atoms with Gasteiger partial charge in [0.15, 0.2) is 0 Å². The van der Waals surface area contributed by atoms with Crippen molar-refractivity contribution in [2.45, 2.75) is 19.8 Å². The molecule has 0 atom stereocenters. The summed E-state index contributed by atoms with van der Waals surface area (Å²) in [5.74, 6) is 5.71. The molecule has 0 spiro atoms. The number of alkyl halides is 1. The van der Waals surface area contributed by atoms with Crippen molar-refractivity contribution in [2.75, 3.05) is 19.8 Å². The van der Waals surface area contributed by atoms with Gasteiger partial charge in [0.05, 0.1) is 6.67 Å². The van der Waals surface area contributed by atoms with E-state index in [-0.39, 0.29) is 6.67 Å². The first-order valence-corrected chi connectivity index (χ1v) is 3.58. The molecule has 10 heavy (non-hydrogen) atoms. The van der Waals surface area contributed by atoms with E-state index in [4.69, 9.17) is 0 Å². The highest BCUT2D eigenvalue weighted by molar-refractivity contribution is 4.94. The Morgan fingerprint density at radius 3 is 2.80 bits per heavy atom. The van der Waals surface area contributed by atoms with E-state index in [9.17, 15) is 4.39 Å². The average Bonchev–Trinajstić information content (AvgIpc) is 1.97. The van der Waals surface area contributed by atoms with Crippen LogP contribution in [-0.2, 0) is 0 Å². The lowest BCUT2D eigenvalue weighted by Gasteiger charge is -1.97. The zero-order valence-electron chi connectivity index (χ0n) is 6.41. The first-order valence-electron chi connectivity index (χ1n) is 3.58. The van der Waals surface area contributed by atoms with Gasteiger partial charge in [-0.3, -0.25) is 4.39 Å². The quantitative estimate of drug-likeness (QED) is 0.452. The largest absolute Gasteiger partial charge is 0.316 e. The molecular formula is C8H14FN. The molecule has 0 bridgehead atoms. The van der Waals surface area contributed by atoms with Gasteiger partial charge in [0, 0.05) is 13.0 Å². The molecule has 0 unspecified atom stereocenters. The predicted octanol–water partition coefficient (Wildman–Crippen LogP) is 1.35. The fourth-order valence-electron chi connectivity index (χ4n) is 0.593. The van der Waals surface area contributed by atoms with Crippen LogP contribution in [0.1, 0.15) is 19.8 Å². The van der Waals surface area contributed by atoms with Crippen molar-refractivity contribution in [1.82, 2.24) is 5.32 Å². The zero-order chi connectivity index (χ0) is 7.66. The molecule has 0 saturated carbocycles. The molecule has 0 amide bonds. The van der Waals surface area contributed by atoms with E-state index in [0.717, 1.165) is 19.5 Å². The fraction of sp³-hybridized carbons (Fsp3) is 0.750. The lowest BCUT2D eigenvalue weighted by molar-refractivity contribution is 0.461. The second-order valence-electron chi connectivity index (χ2n) is 1.97. The Hall–Kier alpha value is -0.550. The first kappa shape index (κ1) is 9.45. The molecule has 0 radical (unpaired) electrons. The second kappa shape index (κ2) is 8.45. The van der Waals surface area contributed by atoms with Gasteiger partial charge < -0.3 is 5.32 Å². The fourth-order valence-corrected chi connectivity index (χ4v) is 0.593. The van der Waals surface area contributed by atoms with Crippen LogP contribution in [0.4, 0.5) is 4.39 Å². The summed E-state index contributed by atoms with van der Waals surface area (Å²) in [5, 5.41) is 3.08. The van der Waals surface area contributed by atoms with Crippen molar-refractivity contribution < 1.29 is 4.39 Å². The summed E-state index contributed by atoms with van der Waals surface area (Å²) in [6.07, 6.45) is 1.47. The summed E-state index contributed by atoms with van der Waals surface area (Å²) in [6.45, 7) is 3.23. The van der Waals surface area contributed by atoms with Crippen LogP contribution in [0.15, 0.2) is 0 Å². The molecule has 2 heteroatoms. The monoisotopic (exact) mass is 143 g/mol. The standard InChI is InChI=1S/C8H14FN/c1-2-3-4-7-10-8-5-6-9/h10H,4-8H2,1H3. The number of hydrogen-bond acceptors (Lipinski definition) is 1. The summed E-state index contributed by atoms with van der Waals surface area (Å²) in [4.78, 5) is 0. The molecule has 0 aliphatic carbocycles. The second-order valence-corrected chi connectivity index (χ2v) is 1.97. The number of hydrogen-bond donors (Lipinski definition) is 1. The van der Waals surface area contributed by atoms with E-state index >= 15 is 0 Å². The van der Waals surface area contributed by atoms with Crippen molar-refractivity contribution in [2.24, 2.45) is 0 Å².